The highest BCUT2D eigenvalue weighted by molar-refractivity contribution is 7.92. The molecule has 4 nitrogen and oxygen atoms in total. The van der Waals surface area contributed by atoms with Gasteiger partial charge in [-0.2, -0.15) is 0 Å². The predicted octanol–water partition coefficient (Wildman–Crippen LogP) is 3.43. The SMILES string of the molecule is O=S(=O)(Nc1ccc(F)cc1Cl)c1ccc(Cl)c(CO)c1. The summed E-state index contributed by atoms with van der Waals surface area (Å²) in [5.41, 5.74) is 0.336. The molecule has 112 valence electrons. The molecule has 8 heteroatoms. The summed E-state index contributed by atoms with van der Waals surface area (Å²) >= 11 is 11.6. The van der Waals surface area contributed by atoms with Crippen molar-refractivity contribution < 1.29 is 17.9 Å². The Kier molecular flexibility index (Phi) is 4.73. The Morgan fingerprint density at radius 3 is 2.43 bits per heavy atom. The summed E-state index contributed by atoms with van der Waals surface area (Å²) in [7, 11) is -3.92. The zero-order chi connectivity index (χ0) is 15.6. The zero-order valence-electron chi connectivity index (χ0n) is 10.5. The van der Waals surface area contributed by atoms with E-state index in [9.17, 15) is 12.8 Å². The Hall–Kier alpha value is -1.34. The molecular weight excluding hydrogens is 340 g/mol. The third kappa shape index (κ3) is 3.65. The molecule has 0 saturated carbocycles. The van der Waals surface area contributed by atoms with Gasteiger partial charge in [0.2, 0.25) is 0 Å². The van der Waals surface area contributed by atoms with E-state index in [0.717, 1.165) is 12.1 Å². The largest absolute Gasteiger partial charge is 0.392 e. The molecule has 2 aromatic rings. The summed E-state index contributed by atoms with van der Waals surface area (Å²) in [6.45, 7) is -0.389. The minimum absolute atomic E-state index is 0.0542. The van der Waals surface area contributed by atoms with E-state index < -0.39 is 15.8 Å². The summed E-state index contributed by atoms with van der Waals surface area (Å²) in [4.78, 5) is -0.0867. The van der Waals surface area contributed by atoms with E-state index in [1.165, 1.54) is 24.3 Å². The number of halogens is 3. The van der Waals surface area contributed by atoms with Crippen LogP contribution < -0.4 is 4.72 Å². The molecule has 0 atom stereocenters. The normalized spacial score (nSPS) is 11.4. The van der Waals surface area contributed by atoms with E-state index in [-0.39, 0.29) is 32.8 Å². The maximum Gasteiger partial charge on any atom is 0.261 e. The molecule has 0 bridgehead atoms. The fraction of sp³-hybridized carbons (Fsp3) is 0.0769. The minimum Gasteiger partial charge on any atom is -0.392 e. The smallest absolute Gasteiger partial charge is 0.261 e. The highest BCUT2D eigenvalue weighted by Crippen LogP contribution is 2.27. The fourth-order valence-electron chi connectivity index (χ4n) is 1.62. The number of rotatable bonds is 4. The third-order valence-corrected chi connectivity index (χ3v) is 4.72. The zero-order valence-corrected chi connectivity index (χ0v) is 12.8. The van der Waals surface area contributed by atoms with Crippen LogP contribution in [0.5, 0.6) is 0 Å². The molecule has 0 unspecified atom stereocenters. The first-order valence-corrected chi connectivity index (χ1v) is 7.94. The molecule has 0 aliphatic carbocycles. The number of anilines is 1. The Bertz CT molecular complexity index is 781. The maximum absolute atomic E-state index is 12.9. The van der Waals surface area contributed by atoms with Crippen molar-refractivity contribution in [1.82, 2.24) is 0 Å². The summed E-state index contributed by atoms with van der Waals surface area (Å²) in [5, 5.41) is 9.31. The van der Waals surface area contributed by atoms with Crippen molar-refractivity contribution >= 4 is 38.9 Å². The van der Waals surface area contributed by atoms with Crippen molar-refractivity contribution in [2.24, 2.45) is 0 Å². The fourth-order valence-corrected chi connectivity index (χ4v) is 3.19. The van der Waals surface area contributed by atoms with Gasteiger partial charge >= 0.3 is 0 Å². The Morgan fingerprint density at radius 2 is 1.81 bits per heavy atom. The summed E-state index contributed by atoms with van der Waals surface area (Å²) < 4.78 is 39.7. The first-order chi connectivity index (χ1) is 9.83. The van der Waals surface area contributed by atoms with Crippen LogP contribution in [0.2, 0.25) is 10.0 Å². The predicted molar refractivity (Wildman–Crippen MR) is 79.6 cm³/mol. The number of nitrogens with one attached hydrogen (secondary N) is 1. The number of aliphatic hydroxyl groups is 1. The molecule has 0 radical (unpaired) electrons. The van der Waals surface area contributed by atoms with Crippen LogP contribution in [0.1, 0.15) is 5.56 Å². The highest BCUT2D eigenvalue weighted by Gasteiger charge is 2.17. The average Bonchev–Trinajstić information content (AvgIpc) is 2.42. The van der Waals surface area contributed by atoms with Gasteiger partial charge in [-0.15, -0.1) is 0 Å². The van der Waals surface area contributed by atoms with Crippen molar-refractivity contribution in [3.63, 3.8) is 0 Å². The molecule has 0 heterocycles. The molecule has 2 aromatic carbocycles. The molecule has 21 heavy (non-hydrogen) atoms. The van der Waals surface area contributed by atoms with Gasteiger partial charge in [0, 0.05) is 5.02 Å². The Balaban J connectivity index is 2.38. The van der Waals surface area contributed by atoms with Crippen LogP contribution in [0.4, 0.5) is 10.1 Å². The van der Waals surface area contributed by atoms with Crippen molar-refractivity contribution in [2.45, 2.75) is 11.5 Å². The van der Waals surface area contributed by atoms with Crippen LogP contribution in [0.15, 0.2) is 41.3 Å². The molecule has 0 saturated heterocycles. The van der Waals surface area contributed by atoms with E-state index in [0.29, 0.717) is 0 Å². The second-order valence-corrected chi connectivity index (χ2v) is 6.64. The van der Waals surface area contributed by atoms with Gasteiger partial charge in [-0.05, 0) is 42.0 Å². The van der Waals surface area contributed by atoms with Crippen LogP contribution >= 0.6 is 23.2 Å². The molecule has 0 amide bonds. The number of hydrogen-bond acceptors (Lipinski definition) is 3. The Labute approximate surface area is 131 Å². The van der Waals surface area contributed by atoms with Gasteiger partial charge in [-0.1, -0.05) is 23.2 Å². The van der Waals surface area contributed by atoms with Crippen molar-refractivity contribution in [3.05, 3.63) is 57.8 Å². The summed E-state index contributed by atoms with van der Waals surface area (Å²) in [6.07, 6.45) is 0. The van der Waals surface area contributed by atoms with Crippen LogP contribution in [0.25, 0.3) is 0 Å². The molecule has 0 fully saturated rings. The van der Waals surface area contributed by atoms with Gasteiger partial charge in [0.15, 0.2) is 0 Å². The average molecular weight is 350 g/mol. The number of sulfonamides is 1. The van der Waals surface area contributed by atoms with Crippen molar-refractivity contribution in [1.29, 1.82) is 0 Å². The molecule has 0 spiro atoms. The first kappa shape index (κ1) is 16.0. The number of hydrogen-bond donors (Lipinski definition) is 2. The third-order valence-electron chi connectivity index (χ3n) is 2.67. The van der Waals surface area contributed by atoms with Gasteiger partial charge in [0.05, 0.1) is 22.2 Å². The molecule has 0 aliphatic rings. The standard InChI is InChI=1S/C13H10Cl2FNO3S/c14-11-3-2-10(5-8(11)7-18)21(19,20)17-13-4-1-9(16)6-12(13)15/h1-6,17-18H,7H2. The van der Waals surface area contributed by atoms with E-state index in [4.69, 9.17) is 28.3 Å². The molecule has 2 N–H and O–H groups in total. The van der Waals surface area contributed by atoms with Crippen LogP contribution in [-0.2, 0) is 16.6 Å². The van der Waals surface area contributed by atoms with Gasteiger partial charge < -0.3 is 5.11 Å². The van der Waals surface area contributed by atoms with Crippen LogP contribution in [-0.4, -0.2) is 13.5 Å². The van der Waals surface area contributed by atoms with Gasteiger partial charge in [0.1, 0.15) is 5.82 Å². The molecular formula is C13H10Cl2FNO3S. The summed E-state index contributed by atoms with van der Waals surface area (Å²) in [6, 6.07) is 7.22. The molecule has 0 aromatic heterocycles. The van der Waals surface area contributed by atoms with Crippen LogP contribution in [0.3, 0.4) is 0 Å². The monoisotopic (exact) mass is 349 g/mol. The highest BCUT2D eigenvalue weighted by atomic mass is 35.5. The topological polar surface area (TPSA) is 66.4 Å². The van der Waals surface area contributed by atoms with E-state index in [2.05, 4.69) is 4.72 Å². The lowest BCUT2D eigenvalue weighted by atomic mass is 10.2. The van der Waals surface area contributed by atoms with E-state index >= 15 is 0 Å². The van der Waals surface area contributed by atoms with Gasteiger partial charge in [-0.25, -0.2) is 12.8 Å². The quantitative estimate of drug-likeness (QED) is 0.888. The van der Waals surface area contributed by atoms with Gasteiger partial charge in [-0.3, -0.25) is 4.72 Å². The second-order valence-electron chi connectivity index (χ2n) is 4.14. The lowest BCUT2D eigenvalue weighted by Crippen LogP contribution is -2.13. The van der Waals surface area contributed by atoms with Crippen LogP contribution in [0, 0.1) is 5.82 Å². The summed E-state index contributed by atoms with van der Waals surface area (Å²) in [5.74, 6) is -0.572. The lowest BCUT2D eigenvalue weighted by Gasteiger charge is -2.11. The molecule has 2 rings (SSSR count). The molecule has 0 aliphatic heterocycles. The second kappa shape index (κ2) is 6.19. The van der Waals surface area contributed by atoms with E-state index in [1.807, 2.05) is 0 Å². The minimum atomic E-state index is -3.92. The first-order valence-electron chi connectivity index (χ1n) is 5.70. The van der Waals surface area contributed by atoms with Gasteiger partial charge in [0.25, 0.3) is 10.0 Å². The number of aliphatic hydroxyl groups excluding tert-OH is 1. The van der Waals surface area contributed by atoms with Crippen molar-refractivity contribution in [3.8, 4) is 0 Å². The van der Waals surface area contributed by atoms with E-state index in [1.54, 1.807) is 0 Å². The maximum atomic E-state index is 12.9. The lowest BCUT2D eigenvalue weighted by molar-refractivity contribution is 0.281. The number of benzene rings is 2. The Morgan fingerprint density at radius 1 is 1.10 bits per heavy atom. The van der Waals surface area contributed by atoms with Crippen molar-refractivity contribution in [2.75, 3.05) is 4.72 Å².